The van der Waals surface area contributed by atoms with Gasteiger partial charge in [0.1, 0.15) is 5.82 Å². The van der Waals surface area contributed by atoms with Gasteiger partial charge < -0.3 is 9.30 Å². The molecule has 0 radical (unpaired) electrons. The van der Waals surface area contributed by atoms with Crippen LogP contribution >= 0.6 is 11.6 Å². The number of fused-ring (bicyclic) bond motifs is 1. The number of halogens is 2. The third-order valence-electron chi connectivity index (χ3n) is 4.32. The largest absolute Gasteiger partial charge is 0.494 e. The normalized spacial score (nSPS) is 17.2. The monoisotopic (exact) mass is 296 g/mol. The molecule has 5 heteroatoms. The predicted octanol–water partition coefficient (Wildman–Crippen LogP) is 4.11. The highest BCUT2D eigenvalue weighted by molar-refractivity contribution is 6.16. The summed E-state index contributed by atoms with van der Waals surface area (Å²) in [7, 11) is 1.47. The maximum atomic E-state index is 13.8. The van der Waals surface area contributed by atoms with Gasteiger partial charge in [0.15, 0.2) is 11.6 Å². The van der Waals surface area contributed by atoms with E-state index in [9.17, 15) is 4.39 Å². The Bertz CT molecular complexity index is 649. The van der Waals surface area contributed by atoms with E-state index in [4.69, 9.17) is 16.3 Å². The van der Waals surface area contributed by atoms with Gasteiger partial charge >= 0.3 is 0 Å². The molecule has 0 aliphatic heterocycles. The van der Waals surface area contributed by atoms with Crippen LogP contribution in [0.4, 0.5) is 4.39 Å². The van der Waals surface area contributed by atoms with Gasteiger partial charge in [0, 0.05) is 18.7 Å². The fourth-order valence-electron chi connectivity index (χ4n) is 2.93. The molecule has 0 amide bonds. The van der Waals surface area contributed by atoms with E-state index in [0.717, 1.165) is 17.9 Å². The number of hydrogen-bond acceptors (Lipinski definition) is 2. The number of methoxy groups -OCH3 is 1. The Labute approximate surface area is 122 Å². The highest BCUT2D eigenvalue weighted by atomic mass is 35.5. The molecule has 1 saturated carbocycles. The molecule has 0 spiro atoms. The van der Waals surface area contributed by atoms with Crippen molar-refractivity contribution in [3.05, 3.63) is 23.8 Å². The zero-order valence-corrected chi connectivity index (χ0v) is 12.5. The Morgan fingerprint density at radius 2 is 2.20 bits per heavy atom. The molecular weight excluding hydrogens is 279 g/mol. The maximum absolute atomic E-state index is 13.8. The van der Waals surface area contributed by atoms with Gasteiger partial charge in [-0.05, 0) is 18.3 Å². The smallest absolute Gasteiger partial charge is 0.167 e. The van der Waals surface area contributed by atoms with Crippen LogP contribution in [0.1, 0.15) is 32.0 Å². The van der Waals surface area contributed by atoms with E-state index in [1.54, 1.807) is 6.07 Å². The van der Waals surface area contributed by atoms with Crippen LogP contribution < -0.4 is 4.74 Å². The predicted molar refractivity (Wildman–Crippen MR) is 77.8 cm³/mol. The van der Waals surface area contributed by atoms with Crippen molar-refractivity contribution in [2.75, 3.05) is 7.11 Å². The van der Waals surface area contributed by atoms with Crippen molar-refractivity contribution in [3.63, 3.8) is 0 Å². The van der Waals surface area contributed by atoms with E-state index in [1.165, 1.54) is 32.4 Å². The molecule has 0 atom stereocenters. The second-order valence-corrected chi connectivity index (χ2v) is 6.15. The lowest BCUT2D eigenvalue weighted by Gasteiger charge is -2.39. The summed E-state index contributed by atoms with van der Waals surface area (Å²) in [5.41, 5.74) is 1.84. The number of benzene rings is 1. The molecule has 1 aliphatic rings. The molecule has 0 bridgehead atoms. The van der Waals surface area contributed by atoms with E-state index < -0.39 is 0 Å². The number of hydrogen-bond donors (Lipinski definition) is 0. The molecule has 3 nitrogen and oxygen atoms in total. The zero-order chi connectivity index (χ0) is 14.3. The molecule has 1 heterocycles. The lowest BCUT2D eigenvalue weighted by Crippen LogP contribution is -2.31. The van der Waals surface area contributed by atoms with Gasteiger partial charge in [0.25, 0.3) is 0 Å². The molecule has 1 aromatic heterocycles. The molecule has 2 aromatic rings. The Balaban J connectivity index is 2.12. The number of aromatic nitrogens is 2. The SMILES string of the molecule is COc1cc2c(cc1F)nc(CCl)n2CC1(C)CCC1. The Morgan fingerprint density at radius 3 is 2.75 bits per heavy atom. The minimum Gasteiger partial charge on any atom is -0.494 e. The number of imidazole rings is 1. The lowest BCUT2D eigenvalue weighted by molar-refractivity contribution is 0.133. The summed E-state index contributed by atoms with van der Waals surface area (Å²) < 4.78 is 21.0. The van der Waals surface area contributed by atoms with E-state index in [2.05, 4.69) is 16.5 Å². The molecule has 0 saturated heterocycles. The van der Waals surface area contributed by atoms with Gasteiger partial charge in [-0.1, -0.05) is 13.3 Å². The van der Waals surface area contributed by atoms with Crippen LogP contribution in [0.15, 0.2) is 12.1 Å². The van der Waals surface area contributed by atoms with Gasteiger partial charge in [0.05, 0.1) is 24.0 Å². The van der Waals surface area contributed by atoms with Crippen LogP contribution in [0.2, 0.25) is 0 Å². The van der Waals surface area contributed by atoms with Crippen LogP contribution in [0, 0.1) is 11.2 Å². The van der Waals surface area contributed by atoms with Crippen LogP contribution in [-0.4, -0.2) is 16.7 Å². The minimum absolute atomic E-state index is 0.249. The summed E-state index contributed by atoms with van der Waals surface area (Å²) in [6, 6.07) is 3.14. The molecule has 3 rings (SSSR count). The summed E-state index contributed by atoms with van der Waals surface area (Å²) in [5.74, 6) is 0.982. The highest BCUT2D eigenvalue weighted by Crippen LogP contribution is 2.42. The third kappa shape index (κ3) is 2.16. The zero-order valence-electron chi connectivity index (χ0n) is 11.7. The number of rotatable bonds is 4. The maximum Gasteiger partial charge on any atom is 0.167 e. The first-order valence-electron chi connectivity index (χ1n) is 6.85. The summed E-state index contributed by atoms with van der Waals surface area (Å²) >= 11 is 6.00. The summed E-state index contributed by atoms with van der Waals surface area (Å²) in [6.07, 6.45) is 3.71. The first-order chi connectivity index (χ1) is 9.56. The van der Waals surface area contributed by atoms with Crippen molar-refractivity contribution in [1.29, 1.82) is 0 Å². The second kappa shape index (κ2) is 4.92. The fraction of sp³-hybridized carbons (Fsp3) is 0.533. The molecule has 1 aromatic carbocycles. The molecular formula is C15H18ClFN2O. The molecule has 1 aliphatic carbocycles. The van der Waals surface area contributed by atoms with E-state index in [0.29, 0.717) is 16.8 Å². The van der Waals surface area contributed by atoms with Gasteiger partial charge in [-0.15, -0.1) is 11.6 Å². The van der Waals surface area contributed by atoms with Crippen LogP contribution in [0.25, 0.3) is 11.0 Å². The van der Waals surface area contributed by atoms with E-state index in [-0.39, 0.29) is 11.6 Å². The van der Waals surface area contributed by atoms with Crippen LogP contribution in [0.3, 0.4) is 0 Å². The molecule has 0 N–H and O–H groups in total. The van der Waals surface area contributed by atoms with Crippen LogP contribution in [0.5, 0.6) is 5.75 Å². The second-order valence-electron chi connectivity index (χ2n) is 5.89. The molecule has 20 heavy (non-hydrogen) atoms. The van der Waals surface area contributed by atoms with Crippen molar-refractivity contribution in [1.82, 2.24) is 9.55 Å². The molecule has 1 fully saturated rings. The fourth-order valence-corrected chi connectivity index (χ4v) is 3.14. The van der Waals surface area contributed by atoms with Gasteiger partial charge in [-0.2, -0.15) is 0 Å². The lowest BCUT2D eigenvalue weighted by atomic mass is 9.70. The van der Waals surface area contributed by atoms with Gasteiger partial charge in [-0.25, -0.2) is 9.37 Å². The topological polar surface area (TPSA) is 27.1 Å². The summed E-state index contributed by atoms with van der Waals surface area (Å²) in [4.78, 5) is 4.45. The van der Waals surface area contributed by atoms with E-state index >= 15 is 0 Å². The average molecular weight is 297 g/mol. The van der Waals surface area contributed by atoms with Crippen molar-refractivity contribution in [3.8, 4) is 5.75 Å². The third-order valence-corrected chi connectivity index (χ3v) is 4.56. The highest BCUT2D eigenvalue weighted by Gasteiger charge is 2.33. The Hall–Kier alpha value is -1.29. The molecule has 108 valence electrons. The van der Waals surface area contributed by atoms with Gasteiger partial charge in [0.2, 0.25) is 0 Å². The Kier molecular flexibility index (Phi) is 3.36. The van der Waals surface area contributed by atoms with Crippen molar-refractivity contribution < 1.29 is 9.13 Å². The van der Waals surface area contributed by atoms with E-state index in [1.807, 2.05) is 0 Å². The van der Waals surface area contributed by atoms with Crippen molar-refractivity contribution in [2.45, 2.75) is 38.6 Å². The number of nitrogens with zero attached hydrogens (tertiary/aromatic N) is 2. The van der Waals surface area contributed by atoms with Crippen LogP contribution in [-0.2, 0) is 12.4 Å². The number of alkyl halides is 1. The molecule has 0 unspecified atom stereocenters. The average Bonchev–Trinajstić information content (AvgIpc) is 2.73. The van der Waals surface area contributed by atoms with Crippen molar-refractivity contribution in [2.24, 2.45) is 5.41 Å². The first kappa shape index (κ1) is 13.7. The first-order valence-corrected chi connectivity index (χ1v) is 7.38. The summed E-state index contributed by atoms with van der Waals surface area (Å²) in [5, 5.41) is 0. The number of ether oxygens (including phenoxy) is 1. The standard InChI is InChI=1S/C15H18ClFN2O/c1-15(4-3-5-15)9-19-12-7-13(20-2)10(17)6-11(12)18-14(19)8-16/h6-7H,3-5,8-9H2,1-2H3. The Morgan fingerprint density at radius 1 is 1.45 bits per heavy atom. The van der Waals surface area contributed by atoms with Gasteiger partial charge in [-0.3, -0.25) is 0 Å². The quantitative estimate of drug-likeness (QED) is 0.794. The van der Waals surface area contributed by atoms with Crippen molar-refractivity contribution >= 4 is 22.6 Å². The summed E-state index contributed by atoms with van der Waals surface area (Å²) in [6.45, 7) is 3.15. The minimum atomic E-state index is -0.388.